The van der Waals surface area contributed by atoms with Crippen LogP contribution in [0, 0.1) is 0 Å². The number of ether oxygens (including phenoxy) is 1. The second-order valence-corrected chi connectivity index (χ2v) is 8.77. The highest BCUT2D eigenvalue weighted by molar-refractivity contribution is 8.14. The Balaban J connectivity index is 1.63. The third-order valence-electron chi connectivity index (χ3n) is 4.93. The third-order valence-corrected chi connectivity index (χ3v) is 5.90. The second kappa shape index (κ2) is 10.8. The maximum Gasteiger partial charge on any atom is 0.248 e. The van der Waals surface area contributed by atoms with Crippen molar-refractivity contribution in [2.45, 2.75) is 18.6 Å². The lowest BCUT2D eigenvalue weighted by molar-refractivity contribution is -0.121. The lowest BCUT2D eigenvalue weighted by atomic mass is 10.2. The first-order valence-corrected chi connectivity index (χ1v) is 11.2. The van der Waals surface area contributed by atoms with Crippen LogP contribution in [0.2, 0.25) is 0 Å². The molecule has 0 bridgehead atoms. The average molecular weight is 466 g/mol. The number of nitrogens with zero attached hydrogens (tertiary/aromatic N) is 4. The highest BCUT2D eigenvalue weighted by Crippen LogP contribution is 2.35. The van der Waals surface area contributed by atoms with Crippen molar-refractivity contribution in [1.82, 2.24) is 0 Å². The summed E-state index contributed by atoms with van der Waals surface area (Å²) < 4.78 is 5.28. The number of nitrogens with two attached hydrogens (primary N) is 1. The van der Waals surface area contributed by atoms with E-state index in [0.29, 0.717) is 17.1 Å². The van der Waals surface area contributed by atoms with E-state index in [-0.39, 0.29) is 23.4 Å². The van der Waals surface area contributed by atoms with E-state index in [9.17, 15) is 9.59 Å². The Labute approximate surface area is 197 Å². The summed E-state index contributed by atoms with van der Waals surface area (Å²) in [6.07, 6.45) is 3.80. The molecule has 1 saturated heterocycles. The number of amides is 2. The first-order chi connectivity index (χ1) is 15.8. The van der Waals surface area contributed by atoms with E-state index in [1.54, 1.807) is 31.2 Å². The molecule has 0 radical (unpaired) electrons. The zero-order valence-electron chi connectivity index (χ0n) is 19.1. The standard InChI is InChI=1S/C24H27N5O3S/c1-16(9-10-17-11-13-18(14-12-17)28(2)3)26-27-24(25)33-21-15-22(30)29(23(21)31)19-7-5-6-8-20(19)32-4/h5-14,21H,15H2,1-4H3,(H2,25,27)/b10-9+,26-16-/t21-/m1/s1. The van der Waals surface area contributed by atoms with Gasteiger partial charge >= 0.3 is 0 Å². The molecule has 172 valence electrons. The van der Waals surface area contributed by atoms with Gasteiger partial charge in [0.1, 0.15) is 11.0 Å². The maximum atomic E-state index is 12.9. The van der Waals surface area contributed by atoms with Gasteiger partial charge in [-0.15, -0.1) is 5.10 Å². The summed E-state index contributed by atoms with van der Waals surface area (Å²) in [5.74, 6) is -0.207. The molecule has 0 unspecified atom stereocenters. The average Bonchev–Trinajstić information content (AvgIpc) is 3.08. The van der Waals surface area contributed by atoms with Crippen molar-refractivity contribution in [1.29, 1.82) is 0 Å². The van der Waals surface area contributed by atoms with Gasteiger partial charge < -0.3 is 15.4 Å². The van der Waals surface area contributed by atoms with E-state index in [4.69, 9.17) is 10.5 Å². The fourth-order valence-electron chi connectivity index (χ4n) is 3.19. The molecular formula is C24H27N5O3S. The summed E-state index contributed by atoms with van der Waals surface area (Å²) in [7, 11) is 5.48. The van der Waals surface area contributed by atoms with Crippen molar-refractivity contribution in [3.63, 3.8) is 0 Å². The maximum absolute atomic E-state index is 12.9. The van der Waals surface area contributed by atoms with Gasteiger partial charge in [-0.1, -0.05) is 42.1 Å². The van der Waals surface area contributed by atoms with Gasteiger partial charge in [0.2, 0.25) is 11.8 Å². The zero-order chi connectivity index (χ0) is 24.0. The third kappa shape index (κ3) is 6.01. The summed E-state index contributed by atoms with van der Waals surface area (Å²) in [4.78, 5) is 28.5. The number of imide groups is 1. The molecule has 1 aliphatic rings. The largest absolute Gasteiger partial charge is 0.495 e. The van der Waals surface area contributed by atoms with Gasteiger partial charge in [0, 0.05) is 26.2 Å². The number of para-hydroxylation sites is 2. The Morgan fingerprint density at radius 2 is 1.85 bits per heavy atom. The first kappa shape index (κ1) is 24.1. The lowest BCUT2D eigenvalue weighted by Crippen LogP contribution is -2.32. The summed E-state index contributed by atoms with van der Waals surface area (Å²) >= 11 is 1.03. The highest BCUT2D eigenvalue weighted by atomic mass is 32.2. The molecular weight excluding hydrogens is 438 g/mol. The van der Waals surface area contributed by atoms with E-state index in [0.717, 1.165) is 27.9 Å². The van der Waals surface area contributed by atoms with Crippen molar-refractivity contribution in [2.24, 2.45) is 15.9 Å². The minimum atomic E-state index is -0.660. The number of hydrogen-bond acceptors (Lipinski definition) is 7. The van der Waals surface area contributed by atoms with Crippen LogP contribution < -0.4 is 20.3 Å². The van der Waals surface area contributed by atoms with Gasteiger partial charge in [-0.2, -0.15) is 5.10 Å². The molecule has 0 aliphatic carbocycles. The fourth-order valence-corrected chi connectivity index (χ4v) is 4.01. The van der Waals surface area contributed by atoms with Crippen LogP contribution in [-0.4, -0.2) is 49.1 Å². The van der Waals surface area contributed by atoms with E-state index in [1.165, 1.54) is 7.11 Å². The minimum absolute atomic E-state index is 0.0311. The SMILES string of the molecule is COc1ccccc1N1C(=O)C[C@@H](SC(N)=N/N=C(C)\C=C\c2ccc(N(C)C)cc2)C1=O. The van der Waals surface area contributed by atoms with E-state index >= 15 is 0 Å². The van der Waals surface area contributed by atoms with Crippen molar-refractivity contribution in [3.8, 4) is 5.75 Å². The van der Waals surface area contributed by atoms with Crippen LogP contribution in [0.25, 0.3) is 6.08 Å². The van der Waals surface area contributed by atoms with Gasteiger partial charge in [0.15, 0.2) is 5.17 Å². The molecule has 8 nitrogen and oxygen atoms in total. The van der Waals surface area contributed by atoms with Crippen LogP contribution in [-0.2, 0) is 9.59 Å². The molecule has 2 aromatic rings. The van der Waals surface area contributed by atoms with Gasteiger partial charge in [-0.25, -0.2) is 4.90 Å². The van der Waals surface area contributed by atoms with Crippen molar-refractivity contribution >= 4 is 51.9 Å². The van der Waals surface area contributed by atoms with Crippen LogP contribution in [0.1, 0.15) is 18.9 Å². The molecule has 1 aliphatic heterocycles. The molecule has 1 atom stereocenters. The number of benzene rings is 2. The Morgan fingerprint density at radius 1 is 1.15 bits per heavy atom. The summed E-state index contributed by atoms with van der Waals surface area (Å²) in [5, 5.41) is 7.58. The normalized spacial score (nSPS) is 17.2. The van der Waals surface area contributed by atoms with Crippen LogP contribution in [0.3, 0.4) is 0 Å². The van der Waals surface area contributed by atoms with Gasteiger partial charge in [-0.3, -0.25) is 9.59 Å². The molecule has 2 N–H and O–H groups in total. The molecule has 1 heterocycles. The number of carbonyl (C=O) groups is 2. The van der Waals surface area contributed by atoms with Crippen molar-refractivity contribution in [2.75, 3.05) is 31.0 Å². The van der Waals surface area contributed by atoms with Gasteiger partial charge in [0.25, 0.3) is 0 Å². The highest BCUT2D eigenvalue weighted by Gasteiger charge is 2.41. The fraction of sp³-hybridized carbons (Fsp3) is 0.250. The summed E-state index contributed by atoms with van der Waals surface area (Å²) in [5.41, 5.74) is 9.20. The molecule has 0 saturated carbocycles. The number of carbonyl (C=O) groups excluding carboxylic acids is 2. The predicted molar refractivity (Wildman–Crippen MR) is 136 cm³/mol. The van der Waals surface area contributed by atoms with Crippen LogP contribution in [0.5, 0.6) is 5.75 Å². The smallest absolute Gasteiger partial charge is 0.248 e. The van der Waals surface area contributed by atoms with E-state index in [2.05, 4.69) is 10.2 Å². The number of allylic oxidation sites excluding steroid dienone is 1. The minimum Gasteiger partial charge on any atom is -0.495 e. The zero-order valence-corrected chi connectivity index (χ0v) is 19.9. The van der Waals surface area contributed by atoms with Crippen LogP contribution in [0.15, 0.2) is 64.8 Å². The topological polar surface area (TPSA) is 101 Å². The molecule has 2 aromatic carbocycles. The Hall–Kier alpha value is -3.59. The number of amidine groups is 1. The van der Waals surface area contributed by atoms with Gasteiger partial charge in [0.05, 0.1) is 18.5 Å². The van der Waals surface area contributed by atoms with Crippen LogP contribution >= 0.6 is 11.8 Å². The second-order valence-electron chi connectivity index (χ2n) is 7.55. The Bertz CT molecular complexity index is 1110. The number of thioether (sulfide) groups is 1. The van der Waals surface area contributed by atoms with E-state index < -0.39 is 5.25 Å². The predicted octanol–water partition coefficient (Wildman–Crippen LogP) is 3.53. The first-order valence-electron chi connectivity index (χ1n) is 10.3. The van der Waals surface area contributed by atoms with E-state index in [1.807, 2.05) is 55.4 Å². The Kier molecular flexibility index (Phi) is 7.89. The van der Waals surface area contributed by atoms with Gasteiger partial charge in [-0.05, 0) is 42.8 Å². The molecule has 33 heavy (non-hydrogen) atoms. The summed E-state index contributed by atoms with van der Waals surface area (Å²) in [6, 6.07) is 15.0. The molecule has 2 amide bonds. The summed E-state index contributed by atoms with van der Waals surface area (Å²) in [6.45, 7) is 1.81. The lowest BCUT2D eigenvalue weighted by Gasteiger charge is -2.17. The monoisotopic (exact) mass is 465 g/mol. The number of hydrogen-bond donors (Lipinski definition) is 1. The van der Waals surface area contributed by atoms with Crippen LogP contribution in [0.4, 0.5) is 11.4 Å². The van der Waals surface area contributed by atoms with Crippen molar-refractivity contribution in [3.05, 3.63) is 60.2 Å². The number of rotatable bonds is 7. The molecule has 3 rings (SSSR count). The Morgan fingerprint density at radius 3 is 2.52 bits per heavy atom. The molecule has 1 fully saturated rings. The quantitative estimate of drug-likeness (QED) is 0.291. The molecule has 9 heteroatoms. The molecule has 0 spiro atoms. The van der Waals surface area contributed by atoms with Crippen molar-refractivity contribution < 1.29 is 14.3 Å². The molecule has 0 aromatic heterocycles. The number of anilines is 2. The number of methoxy groups -OCH3 is 1.